The normalized spacial score (nSPS) is 13.2. The minimum absolute atomic E-state index is 0.295. The minimum atomic E-state index is -3.91. The number of nitrogens with one attached hydrogen (secondary N) is 1. The quantitative estimate of drug-likeness (QED) is 0.832. The Bertz CT molecular complexity index is 690. The van der Waals surface area contributed by atoms with Crippen molar-refractivity contribution < 1.29 is 22.7 Å². The molecular weight excluding hydrogens is 304 g/mol. The molecule has 0 saturated carbocycles. The maximum Gasteiger partial charge on any atom is 0.356 e. The van der Waals surface area contributed by atoms with Crippen LogP contribution in [0.5, 0.6) is 0 Å². The van der Waals surface area contributed by atoms with Crippen molar-refractivity contribution in [2.24, 2.45) is 0 Å². The van der Waals surface area contributed by atoms with Gasteiger partial charge in [0.2, 0.25) is 0 Å². The highest BCUT2D eigenvalue weighted by Crippen LogP contribution is 2.20. The van der Waals surface area contributed by atoms with Crippen LogP contribution in [0.25, 0.3) is 0 Å². The summed E-state index contributed by atoms with van der Waals surface area (Å²) in [5.41, 5.74) is 0.725. The number of sulfonamides is 1. The lowest BCUT2D eigenvalue weighted by atomic mass is 10.2. The van der Waals surface area contributed by atoms with Crippen LogP contribution in [-0.4, -0.2) is 30.5 Å². The van der Waals surface area contributed by atoms with Gasteiger partial charge in [0.25, 0.3) is 10.0 Å². The fourth-order valence-electron chi connectivity index (χ4n) is 1.66. The molecule has 1 unspecified atom stereocenters. The summed E-state index contributed by atoms with van der Waals surface area (Å²) in [5, 5.41) is 8.90. The molecule has 1 atom stereocenters. The average Bonchev–Trinajstić information content (AvgIpc) is 2.97. The van der Waals surface area contributed by atoms with Crippen molar-refractivity contribution in [3.8, 4) is 0 Å². The summed E-state index contributed by atoms with van der Waals surface area (Å²) in [6.07, 6.45) is 1.87. The number of carboxylic acid groups (broad SMARTS) is 1. The molecule has 9 heteroatoms. The van der Waals surface area contributed by atoms with E-state index in [-0.39, 0.29) is 4.21 Å². The lowest BCUT2D eigenvalue weighted by Crippen LogP contribution is -2.34. The Morgan fingerprint density at radius 1 is 1.60 bits per heavy atom. The Morgan fingerprint density at radius 3 is 2.95 bits per heavy atom. The van der Waals surface area contributed by atoms with Gasteiger partial charge < -0.3 is 9.52 Å². The molecule has 2 N–H and O–H groups in total. The van der Waals surface area contributed by atoms with E-state index in [1.807, 2.05) is 0 Å². The van der Waals surface area contributed by atoms with Gasteiger partial charge in [-0.2, -0.15) is 0 Å². The molecule has 0 amide bonds. The Balaban J connectivity index is 2.14. The van der Waals surface area contributed by atoms with Crippen LogP contribution in [-0.2, 0) is 16.4 Å². The van der Waals surface area contributed by atoms with Crippen LogP contribution >= 0.6 is 11.3 Å². The highest BCUT2D eigenvalue weighted by Gasteiger charge is 2.27. The van der Waals surface area contributed by atoms with Gasteiger partial charge in [-0.1, -0.05) is 0 Å². The van der Waals surface area contributed by atoms with Crippen LogP contribution in [0.1, 0.15) is 23.2 Å². The summed E-state index contributed by atoms with van der Waals surface area (Å²) in [6.45, 7) is 1.67. The van der Waals surface area contributed by atoms with Gasteiger partial charge in [-0.25, -0.2) is 22.9 Å². The van der Waals surface area contributed by atoms with E-state index in [0.717, 1.165) is 11.3 Å². The molecule has 0 spiro atoms. The molecule has 0 saturated heterocycles. The van der Waals surface area contributed by atoms with Crippen molar-refractivity contribution in [3.05, 3.63) is 35.4 Å². The number of furan rings is 1. The molecule has 2 heterocycles. The topological polar surface area (TPSA) is 110 Å². The third kappa shape index (κ3) is 3.24. The molecule has 20 heavy (non-hydrogen) atoms. The first kappa shape index (κ1) is 14.7. The smallest absolute Gasteiger partial charge is 0.356 e. The average molecular weight is 316 g/mol. The molecule has 0 aliphatic heterocycles. The second kappa shape index (κ2) is 5.73. The van der Waals surface area contributed by atoms with Gasteiger partial charge in [0.1, 0.15) is 5.76 Å². The number of hydrogen-bond donors (Lipinski definition) is 2. The first-order valence-corrected chi connectivity index (χ1v) is 7.98. The number of carbonyl (C=O) groups is 1. The number of carboxylic acids is 1. The van der Waals surface area contributed by atoms with Crippen LogP contribution in [0, 0.1) is 0 Å². The molecule has 2 aromatic rings. The van der Waals surface area contributed by atoms with Crippen LogP contribution in [0.4, 0.5) is 0 Å². The van der Waals surface area contributed by atoms with Gasteiger partial charge >= 0.3 is 5.97 Å². The van der Waals surface area contributed by atoms with E-state index < -0.39 is 27.7 Å². The van der Waals surface area contributed by atoms with E-state index in [2.05, 4.69) is 9.71 Å². The van der Waals surface area contributed by atoms with Gasteiger partial charge in [-0.15, -0.1) is 11.3 Å². The third-order valence-electron chi connectivity index (χ3n) is 2.43. The maximum atomic E-state index is 12.1. The minimum Gasteiger partial charge on any atom is -0.476 e. The molecule has 0 aliphatic carbocycles. The number of hydrogen-bond acceptors (Lipinski definition) is 6. The second-order valence-corrected chi connectivity index (χ2v) is 6.86. The van der Waals surface area contributed by atoms with Crippen molar-refractivity contribution in [2.45, 2.75) is 23.6 Å². The largest absolute Gasteiger partial charge is 0.476 e. The van der Waals surface area contributed by atoms with Crippen LogP contribution in [0.3, 0.4) is 0 Å². The van der Waals surface area contributed by atoms with Gasteiger partial charge in [0.05, 0.1) is 11.8 Å². The summed E-state index contributed by atoms with van der Waals surface area (Å²) in [7, 11) is -3.91. The first-order valence-electron chi connectivity index (χ1n) is 5.61. The predicted octanol–water partition coefficient (Wildman–Crippen LogP) is 1.34. The Hall–Kier alpha value is -1.71. The highest BCUT2D eigenvalue weighted by molar-refractivity contribution is 7.91. The third-order valence-corrected chi connectivity index (χ3v) is 5.38. The molecule has 2 aromatic heterocycles. The molecule has 2 rings (SSSR count). The molecule has 0 bridgehead atoms. The van der Waals surface area contributed by atoms with Gasteiger partial charge in [-0.05, 0) is 19.1 Å². The number of thiazole rings is 1. The summed E-state index contributed by atoms with van der Waals surface area (Å²) in [6, 6.07) is 3.01. The second-order valence-electron chi connectivity index (χ2n) is 4.10. The van der Waals surface area contributed by atoms with Gasteiger partial charge in [0, 0.05) is 12.5 Å². The zero-order valence-corrected chi connectivity index (χ0v) is 12.1. The lowest BCUT2D eigenvalue weighted by molar-refractivity contribution is 0.0687. The maximum absolute atomic E-state index is 12.1. The molecule has 0 aliphatic rings. The van der Waals surface area contributed by atoms with Crippen molar-refractivity contribution in [1.29, 1.82) is 0 Å². The zero-order chi connectivity index (χ0) is 14.8. The number of aromatic nitrogens is 1. The van der Waals surface area contributed by atoms with Gasteiger partial charge in [-0.3, -0.25) is 0 Å². The van der Waals surface area contributed by atoms with E-state index in [0.29, 0.717) is 12.2 Å². The van der Waals surface area contributed by atoms with Crippen molar-refractivity contribution in [2.75, 3.05) is 0 Å². The molecular formula is C11H12N2O5S2. The SMILES string of the molecule is CC(Cc1ccco1)NS(=O)(=O)c1scnc1C(=O)O. The fraction of sp³-hybridized carbons (Fsp3) is 0.273. The standard InChI is InChI=1S/C11H12N2O5S2/c1-7(5-8-3-2-4-18-8)13-20(16,17)11-9(10(14)15)12-6-19-11/h2-4,6-7,13H,5H2,1H3,(H,14,15). The Kier molecular flexibility index (Phi) is 4.21. The molecule has 0 radical (unpaired) electrons. The van der Waals surface area contributed by atoms with Crippen LogP contribution < -0.4 is 4.72 Å². The summed E-state index contributed by atoms with van der Waals surface area (Å²) in [4.78, 5) is 14.5. The van der Waals surface area contributed by atoms with Crippen LogP contribution in [0.2, 0.25) is 0 Å². The predicted molar refractivity (Wildman–Crippen MR) is 71.3 cm³/mol. The van der Waals surface area contributed by atoms with Crippen molar-refractivity contribution in [3.63, 3.8) is 0 Å². The molecule has 0 fully saturated rings. The summed E-state index contributed by atoms with van der Waals surface area (Å²) >= 11 is 0.769. The first-order chi connectivity index (χ1) is 9.40. The lowest BCUT2D eigenvalue weighted by Gasteiger charge is -2.12. The number of nitrogens with zero attached hydrogens (tertiary/aromatic N) is 1. The Labute approximate surface area is 119 Å². The van der Waals surface area contributed by atoms with E-state index >= 15 is 0 Å². The summed E-state index contributed by atoms with van der Waals surface area (Å²) in [5.74, 6) is -0.728. The summed E-state index contributed by atoms with van der Waals surface area (Å²) < 4.78 is 31.5. The number of rotatable bonds is 6. The molecule has 0 aromatic carbocycles. The Morgan fingerprint density at radius 2 is 2.35 bits per heavy atom. The van der Waals surface area contributed by atoms with E-state index in [9.17, 15) is 13.2 Å². The monoisotopic (exact) mass is 316 g/mol. The molecule has 108 valence electrons. The fourth-order valence-corrected chi connectivity index (χ4v) is 4.06. The highest BCUT2D eigenvalue weighted by atomic mass is 32.2. The van der Waals surface area contributed by atoms with Crippen molar-refractivity contribution >= 4 is 27.3 Å². The van der Waals surface area contributed by atoms with Crippen LogP contribution in [0.15, 0.2) is 32.5 Å². The zero-order valence-electron chi connectivity index (χ0n) is 10.4. The molecule has 7 nitrogen and oxygen atoms in total. The number of aromatic carboxylic acids is 1. The van der Waals surface area contributed by atoms with E-state index in [1.54, 1.807) is 19.1 Å². The van der Waals surface area contributed by atoms with Crippen molar-refractivity contribution in [1.82, 2.24) is 9.71 Å². The van der Waals surface area contributed by atoms with E-state index in [1.165, 1.54) is 11.8 Å². The van der Waals surface area contributed by atoms with E-state index in [4.69, 9.17) is 9.52 Å². The van der Waals surface area contributed by atoms with Gasteiger partial charge in [0.15, 0.2) is 9.90 Å².